The van der Waals surface area contributed by atoms with Crippen molar-refractivity contribution in [3.8, 4) is 0 Å². The van der Waals surface area contributed by atoms with Crippen LogP contribution < -0.4 is 10.6 Å². The molecule has 34 heavy (non-hydrogen) atoms. The summed E-state index contributed by atoms with van der Waals surface area (Å²) in [5.41, 5.74) is 5.45. The van der Waals surface area contributed by atoms with E-state index in [1.54, 1.807) is 10.9 Å². The van der Waals surface area contributed by atoms with Crippen LogP contribution in [0.4, 0.5) is 4.79 Å². The van der Waals surface area contributed by atoms with Gasteiger partial charge in [0.15, 0.2) is 0 Å². The Morgan fingerprint density at radius 3 is 2.62 bits per heavy atom. The fourth-order valence-electron chi connectivity index (χ4n) is 4.31. The van der Waals surface area contributed by atoms with Gasteiger partial charge in [-0.15, -0.1) is 0 Å². The number of aryl methyl sites for hydroxylation is 2. The number of hydrogen-bond donors (Lipinski definition) is 2. The number of benzene rings is 2. The molecular weight excluding hydrogens is 428 g/mol. The highest BCUT2D eigenvalue weighted by Gasteiger charge is 2.26. The van der Waals surface area contributed by atoms with Gasteiger partial charge in [-0.05, 0) is 55.9 Å². The van der Waals surface area contributed by atoms with E-state index in [1.807, 2.05) is 58.2 Å². The summed E-state index contributed by atoms with van der Waals surface area (Å²) >= 11 is 0. The number of nitrogens with zero attached hydrogens (tertiary/aromatic N) is 2. The minimum absolute atomic E-state index is 0.0415. The SMILES string of the molecule is Cn1ncc(C(=O)NC2CCc3cc(CNC(=O)OC(C)(C)C)ccc32)c1Cc1ccccc1. The summed E-state index contributed by atoms with van der Waals surface area (Å²) in [6.45, 7) is 5.92. The number of amides is 2. The number of alkyl carbamates (subject to hydrolysis) is 1. The van der Waals surface area contributed by atoms with E-state index in [9.17, 15) is 9.59 Å². The van der Waals surface area contributed by atoms with Crippen molar-refractivity contribution in [2.24, 2.45) is 7.05 Å². The topological polar surface area (TPSA) is 85.3 Å². The normalized spacial score (nSPS) is 15.0. The second kappa shape index (κ2) is 9.71. The Morgan fingerprint density at radius 2 is 1.88 bits per heavy atom. The van der Waals surface area contributed by atoms with E-state index in [1.165, 1.54) is 5.56 Å². The minimum atomic E-state index is -0.525. The molecular formula is C27H32N4O3. The molecule has 1 aliphatic carbocycles. The van der Waals surface area contributed by atoms with Gasteiger partial charge >= 0.3 is 6.09 Å². The van der Waals surface area contributed by atoms with Gasteiger partial charge in [-0.2, -0.15) is 5.10 Å². The average molecular weight is 461 g/mol. The van der Waals surface area contributed by atoms with Gasteiger partial charge in [-0.3, -0.25) is 9.48 Å². The van der Waals surface area contributed by atoms with Gasteiger partial charge in [0.1, 0.15) is 5.60 Å². The predicted octanol–water partition coefficient (Wildman–Crippen LogP) is 4.45. The molecule has 1 atom stereocenters. The van der Waals surface area contributed by atoms with Crippen LogP contribution in [0.15, 0.2) is 54.7 Å². The number of carbonyl (C=O) groups is 2. The quantitative estimate of drug-likeness (QED) is 0.569. The molecule has 3 aromatic rings. The van der Waals surface area contributed by atoms with Gasteiger partial charge in [-0.1, -0.05) is 48.5 Å². The molecule has 0 bridgehead atoms. The maximum Gasteiger partial charge on any atom is 0.407 e. The number of fused-ring (bicyclic) bond motifs is 1. The Bertz CT molecular complexity index is 1180. The lowest BCUT2D eigenvalue weighted by Gasteiger charge is -2.20. The second-order valence-electron chi connectivity index (χ2n) is 9.74. The minimum Gasteiger partial charge on any atom is -0.444 e. The number of aromatic nitrogens is 2. The van der Waals surface area contributed by atoms with E-state index >= 15 is 0 Å². The average Bonchev–Trinajstić information content (AvgIpc) is 3.35. The maximum atomic E-state index is 13.2. The highest BCUT2D eigenvalue weighted by atomic mass is 16.6. The molecule has 7 nitrogen and oxygen atoms in total. The fraction of sp³-hybridized carbons (Fsp3) is 0.370. The highest BCUT2D eigenvalue weighted by molar-refractivity contribution is 5.95. The van der Waals surface area contributed by atoms with Crippen LogP contribution in [0.25, 0.3) is 0 Å². The van der Waals surface area contributed by atoms with Crippen molar-refractivity contribution >= 4 is 12.0 Å². The summed E-state index contributed by atoms with van der Waals surface area (Å²) in [5.74, 6) is -0.104. The Labute approximate surface area is 200 Å². The molecule has 0 spiro atoms. The van der Waals surface area contributed by atoms with Crippen LogP contribution in [-0.2, 0) is 31.2 Å². The Morgan fingerprint density at radius 1 is 1.12 bits per heavy atom. The Hall–Kier alpha value is -3.61. The van der Waals surface area contributed by atoms with Gasteiger partial charge in [0, 0.05) is 20.0 Å². The van der Waals surface area contributed by atoms with Gasteiger partial charge in [0.25, 0.3) is 5.91 Å². The molecule has 0 radical (unpaired) electrons. The smallest absolute Gasteiger partial charge is 0.407 e. The molecule has 0 aliphatic heterocycles. The molecule has 1 aliphatic rings. The van der Waals surface area contributed by atoms with Crippen LogP contribution in [0.3, 0.4) is 0 Å². The van der Waals surface area contributed by atoms with E-state index in [4.69, 9.17) is 4.74 Å². The van der Waals surface area contributed by atoms with Crippen molar-refractivity contribution in [2.45, 2.75) is 58.2 Å². The molecule has 7 heteroatoms. The van der Waals surface area contributed by atoms with Crippen LogP contribution >= 0.6 is 0 Å². The zero-order chi connectivity index (χ0) is 24.3. The first-order valence-corrected chi connectivity index (χ1v) is 11.6. The van der Waals surface area contributed by atoms with Crippen molar-refractivity contribution in [2.75, 3.05) is 0 Å². The molecule has 4 rings (SSSR count). The highest BCUT2D eigenvalue weighted by Crippen LogP contribution is 2.32. The third kappa shape index (κ3) is 5.65. The van der Waals surface area contributed by atoms with Gasteiger partial charge in [0.05, 0.1) is 23.5 Å². The first-order valence-electron chi connectivity index (χ1n) is 11.6. The van der Waals surface area contributed by atoms with E-state index in [0.29, 0.717) is 18.5 Å². The number of hydrogen-bond acceptors (Lipinski definition) is 4. The predicted molar refractivity (Wildman–Crippen MR) is 130 cm³/mol. The number of nitrogens with one attached hydrogen (secondary N) is 2. The third-order valence-corrected chi connectivity index (χ3v) is 5.95. The van der Waals surface area contributed by atoms with Crippen LogP contribution in [0.1, 0.15) is 71.5 Å². The van der Waals surface area contributed by atoms with Gasteiger partial charge in [-0.25, -0.2) is 4.79 Å². The van der Waals surface area contributed by atoms with E-state index < -0.39 is 11.7 Å². The monoisotopic (exact) mass is 460 g/mol. The van der Waals surface area contributed by atoms with Gasteiger partial charge < -0.3 is 15.4 Å². The lowest BCUT2D eigenvalue weighted by Crippen LogP contribution is -2.32. The van der Waals surface area contributed by atoms with Crippen molar-refractivity contribution < 1.29 is 14.3 Å². The Kier molecular flexibility index (Phi) is 6.72. The molecule has 0 fully saturated rings. The summed E-state index contributed by atoms with van der Waals surface area (Å²) < 4.78 is 7.07. The number of ether oxygens (including phenoxy) is 1. The summed E-state index contributed by atoms with van der Waals surface area (Å²) in [6.07, 6.45) is 3.59. The summed E-state index contributed by atoms with van der Waals surface area (Å²) in [7, 11) is 1.87. The van der Waals surface area contributed by atoms with Crippen LogP contribution in [0.2, 0.25) is 0 Å². The van der Waals surface area contributed by atoms with Crippen molar-refractivity contribution in [3.63, 3.8) is 0 Å². The molecule has 1 aromatic heterocycles. The lowest BCUT2D eigenvalue weighted by molar-refractivity contribution is 0.0523. The number of carbonyl (C=O) groups excluding carboxylic acids is 2. The summed E-state index contributed by atoms with van der Waals surface area (Å²) in [6, 6.07) is 16.2. The molecule has 2 amide bonds. The zero-order valence-corrected chi connectivity index (χ0v) is 20.2. The van der Waals surface area contributed by atoms with Crippen LogP contribution in [0, 0.1) is 0 Å². The molecule has 1 heterocycles. The summed E-state index contributed by atoms with van der Waals surface area (Å²) in [5, 5.41) is 10.3. The first-order chi connectivity index (χ1) is 16.2. The molecule has 2 aromatic carbocycles. The number of rotatable bonds is 6. The largest absolute Gasteiger partial charge is 0.444 e. The molecule has 0 saturated heterocycles. The van der Waals surface area contributed by atoms with E-state index in [2.05, 4.69) is 33.9 Å². The standard InChI is InChI=1S/C27H32N4O3/c1-27(2,3)34-26(33)28-16-19-10-12-21-20(14-19)11-13-23(21)30-25(32)22-17-29-31(4)24(22)15-18-8-6-5-7-9-18/h5-10,12,14,17,23H,11,13,15-16H2,1-4H3,(H,28,33)(H,30,32). The summed E-state index contributed by atoms with van der Waals surface area (Å²) in [4.78, 5) is 25.1. The van der Waals surface area contributed by atoms with Crippen molar-refractivity contribution in [1.29, 1.82) is 0 Å². The third-order valence-electron chi connectivity index (χ3n) is 5.95. The van der Waals surface area contributed by atoms with Crippen molar-refractivity contribution in [3.05, 3.63) is 88.2 Å². The van der Waals surface area contributed by atoms with Crippen LogP contribution in [-0.4, -0.2) is 27.4 Å². The second-order valence-corrected chi connectivity index (χ2v) is 9.74. The van der Waals surface area contributed by atoms with E-state index in [0.717, 1.165) is 35.2 Å². The van der Waals surface area contributed by atoms with Gasteiger partial charge in [0.2, 0.25) is 0 Å². The molecule has 178 valence electrons. The zero-order valence-electron chi connectivity index (χ0n) is 20.2. The maximum absolute atomic E-state index is 13.2. The Balaban J connectivity index is 1.41. The van der Waals surface area contributed by atoms with E-state index in [-0.39, 0.29) is 11.9 Å². The van der Waals surface area contributed by atoms with Crippen molar-refractivity contribution in [1.82, 2.24) is 20.4 Å². The molecule has 0 saturated carbocycles. The fourth-order valence-corrected chi connectivity index (χ4v) is 4.31. The van der Waals surface area contributed by atoms with Crippen LogP contribution in [0.5, 0.6) is 0 Å². The first kappa shape index (κ1) is 23.5. The molecule has 1 unspecified atom stereocenters. The lowest BCUT2D eigenvalue weighted by atomic mass is 10.0. The molecule has 2 N–H and O–H groups in total.